The van der Waals surface area contributed by atoms with Crippen molar-refractivity contribution in [3.05, 3.63) is 0 Å². The SMILES string of the molecule is CC(C)[C@H](CN1CC[C@H](C2CCC(Cl)CC2)C(C)(C)C1)NCC1CCCC(CNSC2CN(C)C(C)N2)C1. The number of hydrogen-bond acceptors (Lipinski definition) is 6. The number of piperidine rings is 1. The average molecular weight is 570 g/mol. The standard InChI is InChI=1S/C31H60ClN5S/c1-22(2)29(19-37-15-14-28(31(4,5)21-37)26-10-12-27(32)13-11-26)33-17-24-8-7-9-25(16-24)18-34-38-30-20-36(6)23(3)35-30/h22-30,33-35H,7-21H2,1-6H3/t23?,24?,25?,26?,27?,28-,29+,30?/m1/s1. The van der Waals surface area contributed by atoms with E-state index < -0.39 is 0 Å². The second-order valence-electron chi connectivity index (χ2n) is 14.5. The van der Waals surface area contributed by atoms with Gasteiger partial charge in [0.05, 0.1) is 11.5 Å². The highest BCUT2D eigenvalue weighted by molar-refractivity contribution is 7.98. The predicted octanol–water partition coefficient (Wildman–Crippen LogP) is 6.00. The molecule has 7 heteroatoms. The zero-order valence-electron chi connectivity index (χ0n) is 25.5. The maximum Gasteiger partial charge on any atom is 0.0820 e. The highest BCUT2D eigenvalue weighted by atomic mass is 35.5. The highest BCUT2D eigenvalue weighted by Crippen LogP contribution is 2.45. The smallest absolute Gasteiger partial charge is 0.0820 e. The maximum atomic E-state index is 6.43. The van der Waals surface area contributed by atoms with Gasteiger partial charge in [-0.1, -0.05) is 46.1 Å². The van der Waals surface area contributed by atoms with E-state index in [1.807, 2.05) is 11.9 Å². The number of likely N-dealkylation sites (tertiary alicyclic amines) is 1. The van der Waals surface area contributed by atoms with E-state index in [0.29, 0.717) is 34.3 Å². The topological polar surface area (TPSA) is 42.6 Å². The summed E-state index contributed by atoms with van der Waals surface area (Å²) in [5, 5.41) is 8.68. The molecule has 2 saturated heterocycles. The number of nitrogens with zero attached hydrogens (tertiary/aromatic N) is 2. The van der Waals surface area contributed by atoms with Crippen LogP contribution in [0.1, 0.15) is 92.4 Å². The molecule has 0 amide bonds. The first-order valence-corrected chi connectivity index (χ1v) is 17.4. The fourth-order valence-corrected chi connectivity index (χ4v) is 9.44. The summed E-state index contributed by atoms with van der Waals surface area (Å²) in [5.74, 6) is 4.09. The van der Waals surface area contributed by atoms with E-state index in [1.165, 1.54) is 84.0 Å². The van der Waals surface area contributed by atoms with Crippen LogP contribution in [0.2, 0.25) is 0 Å². The molecule has 0 radical (unpaired) electrons. The second kappa shape index (κ2) is 14.6. The van der Waals surface area contributed by atoms with Crippen molar-refractivity contribution >= 4 is 23.5 Å². The fourth-order valence-electron chi connectivity index (χ4n) is 8.08. The quantitative estimate of drug-likeness (QED) is 0.209. The Kier molecular flexibility index (Phi) is 12.0. The van der Waals surface area contributed by atoms with Crippen molar-refractivity contribution in [2.75, 3.05) is 46.3 Å². The molecule has 4 fully saturated rings. The zero-order valence-corrected chi connectivity index (χ0v) is 27.1. The summed E-state index contributed by atoms with van der Waals surface area (Å²) in [6.07, 6.45) is 12.6. The van der Waals surface area contributed by atoms with Gasteiger partial charge in [0.15, 0.2) is 0 Å². The summed E-state index contributed by atoms with van der Waals surface area (Å²) in [6.45, 7) is 19.4. The summed E-state index contributed by atoms with van der Waals surface area (Å²) in [4.78, 5) is 5.18. The molecule has 3 N–H and O–H groups in total. The van der Waals surface area contributed by atoms with Gasteiger partial charge in [-0.05, 0) is 113 Å². The molecular formula is C31H60ClN5S. The Labute approximate surface area is 244 Å². The minimum atomic E-state index is 0.409. The van der Waals surface area contributed by atoms with Gasteiger partial charge >= 0.3 is 0 Å². The van der Waals surface area contributed by atoms with E-state index in [4.69, 9.17) is 11.6 Å². The molecule has 38 heavy (non-hydrogen) atoms. The van der Waals surface area contributed by atoms with E-state index in [1.54, 1.807) is 0 Å². The van der Waals surface area contributed by atoms with Crippen molar-refractivity contribution in [2.24, 2.45) is 35.0 Å². The molecule has 6 atom stereocenters. The number of hydrogen-bond donors (Lipinski definition) is 3. The molecule has 0 aromatic carbocycles. The molecule has 0 spiro atoms. The van der Waals surface area contributed by atoms with Crippen LogP contribution in [0.15, 0.2) is 0 Å². The summed E-state index contributed by atoms with van der Waals surface area (Å²) in [5.41, 5.74) is 0.409. The Morgan fingerprint density at radius 2 is 1.74 bits per heavy atom. The summed E-state index contributed by atoms with van der Waals surface area (Å²) < 4.78 is 3.73. The third-order valence-corrected chi connectivity index (χ3v) is 12.0. The minimum absolute atomic E-state index is 0.409. The molecule has 0 bridgehead atoms. The van der Waals surface area contributed by atoms with Gasteiger partial charge < -0.3 is 10.2 Å². The number of alkyl halides is 1. The molecule has 5 nitrogen and oxygen atoms in total. The number of likely N-dealkylation sites (N-methyl/N-ethyl adjacent to an activating group) is 1. The van der Waals surface area contributed by atoms with E-state index >= 15 is 0 Å². The van der Waals surface area contributed by atoms with Crippen molar-refractivity contribution < 1.29 is 0 Å². The minimum Gasteiger partial charge on any atom is -0.312 e. The Balaban J connectivity index is 1.18. The number of nitrogens with one attached hydrogen (secondary N) is 3. The van der Waals surface area contributed by atoms with Gasteiger partial charge in [-0.15, -0.1) is 11.6 Å². The Hall–Kier alpha value is 0.440. The van der Waals surface area contributed by atoms with Crippen molar-refractivity contribution in [3.8, 4) is 0 Å². The number of rotatable bonds is 11. The van der Waals surface area contributed by atoms with Crippen LogP contribution in [0.5, 0.6) is 0 Å². The summed E-state index contributed by atoms with van der Waals surface area (Å²) >= 11 is 8.34. The van der Waals surface area contributed by atoms with E-state index in [-0.39, 0.29) is 0 Å². The lowest BCUT2D eigenvalue weighted by Crippen LogP contribution is -2.53. The summed E-state index contributed by atoms with van der Waals surface area (Å²) in [7, 11) is 2.21. The normalized spacial score (nSPS) is 38.1. The highest BCUT2D eigenvalue weighted by Gasteiger charge is 2.41. The lowest BCUT2D eigenvalue weighted by Gasteiger charge is -2.49. The second-order valence-corrected chi connectivity index (χ2v) is 16.2. The number of halogens is 1. The molecule has 4 aliphatic rings. The summed E-state index contributed by atoms with van der Waals surface area (Å²) in [6, 6.07) is 0.593. The first-order chi connectivity index (χ1) is 18.1. The van der Waals surface area contributed by atoms with Gasteiger partial charge in [0.2, 0.25) is 0 Å². The van der Waals surface area contributed by atoms with Crippen molar-refractivity contribution in [1.29, 1.82) is 0 Å². The molecule has 4 unspecified atom stereocenters. The van der Waals surface area contributed by atoms with Crippen LogP contribution in [0.3, 0.4) is 0 Å². The molecule has 2 aliphatic carbocycles. The molecule has 2 aliphatic heterocycles. The fraction of sp³-hybridized carbons (Fsp3) is 1.00. The third kappa shape index (κ3) is 8.97. The lowest BCUT2D eigenvalue weighted by atomic mass is 9.64. The van der Waals surface area contributed by atoms with Crippen LogP contribution in [0, 0.1) is 35.0 Å². The lowest BCUT2D eigenvalue weighted by molar-refractivity contribution is 0.00453. The van der Waals surface area contributed by atoms with Gasteiger partial charge in [-0.25, -0.2) is 0 Å². The Morgan fingerprint density at radius 1 is 1.03 bits per heavy atom. The van der Waals surface area contributed by atoms with Gasteiger partial charge in [0, 0.05) is 37.6 Å². The molecule has 2 saturated carbocycles. The molecule has 4 rings (SSSR count). The van der Waals surface area contributed by atoms with Crippen molar-refractivity contribution in [3.63, 3.8) is 0 Å². The first-order valence-electron chi connectivity index (χ1n) is 16.0. The molecule has 2 heterocycles. The van der Waals surface area contributed by atoms with Crippen LogP contribution < -0.4 is 15.4 Å². The van der Waals surface area contributed by atoms with Crippen LogP contribution in [-0.2, 0) is 0 Å². The molecular weight excluding hydrogens is 510 g/mol. The largest absolute Gasteiger partial charge is 0.312 e. The third-order valence-electron chi connectivity index (χ3n) is 10.6. The Morgan fingerprint density at radius 3 is 2.37 bits per heavy atom. The van der Waals surface area contributed by atoms with Gasteiger partial charge in [0.1, 0.15) is 0 Å². The van der Waals surface area contributed by atoms with Crippen LogP contribution in [-0.4, -0.2) is 79.1 Å². The first kappa shape index (κ1) is 31.4. The van der Waals surface area contributed by atoms with Gasteiger partial charge in [0.25, 0.3) is 0 Å². The van der Waals surface area contributed by atoms with E-state index in [9.17, 15) is 0 Å². The average Bonchev–Trinajstić information content (AvgIpc) is 3.19. The predicted molar refractivity (Wildman–Crippen MR) is 167 cm³/mol. The van der Waals surface area contributed by atoms with Crippen LogP contribution >= 0.6 is 23.5 Å². The van der Waals surface area contributed by atoms with Crippen LogP contribution in [0.4, 0.5) is 0 Å². The molecule has 0 aromatic rings. The van der Waals surface area contributed by atoms with Gasteiger partial charge in [-0.3, -0.25) is 14.9 Å². The van der Waals surface area contributed by atoms with Crippen LogP contribution in [0.25, 0.3) is 0 Å². The van der Waals surface area contributed by atoms with Crippen molar-refractivity contribution in [2.45, 2.75) is 115 Å². The zero-order chi connectivity index (χ0) is 27.3. The maximum absolute atomic E-state index is 6.43. The molecule has 222 valence electrons. The molecule has 0 aromatic heterocycles. The Bertz CT molecular complexity index is 690. The monoisotopic (exact) mass is 569 g/mol. The van der Waals surface area contributed by atoms with Gasteiger partial charge in [-0.2, -0.15) is 0 Å². The van der Waals surface area contributed by atoms with Crippen molar-refractivity contribution in [1.82, 2.24) is 25.2 Å². The van der Waals surface area contributed by atoms with E-state index in [2.05, 4.69) is 66.8 Å². The van der Waals surface area contributed by atoms with E-state index in [0.717, 1.165) is 36.8 Å².